The van der Waals surface area contributed by atoms with Gasteiger partial charge in [0.25, 0.3) is 0 Å². The molecule has 2 nitrogen and oxygen atoms in total. The molecule has 0 saturated carbocycles. The molecule has 0 radical (unpaired) electrons. The summed E-state index contributed by atoms with van der Waals surface area (Å²) in [6.45, 7) is 0.761. The monoisotopic (exact) mass is 248 g/mol. The molecule has 0 aliphatic heterocycles. The fraction of sp³-hybridized carbons (Fsp3) is 0.143. The van der Waals surface area contributed by atoms with E-state index in [4.69, 9.17) is 21.1 Å². The molecule has 0 unspecified atom stereocenters. The zero-order chi connectivity index (χ0) is 11.9. The van der Waals surface area contributed by atoms with Crippen LogP contribution in [0.4, 0.5) is 0 Å². The van der Waals surface area contributed by atoms with Gasteiger partial charge in [0.05, 0.1) is 6.61 Å². The average Bonchev–Trinajstić information content (AvgIpc) is 2.36. The lowest BCUT2D eigenvalue weighted by Crippen LogP contribution is -2.02. The Hall–Kier alpha value is -1.51. The van der Waals surface area contributed by atoms with E-state index in [1.54, 1.807) is 12.1 Å². The first kappa shape index (κ1) is 12.0. The molecule has 3 heteroatoms. The highest BCUT2D eigenvalue weighted by Gasteiger charge is 1.95. The second-order valence-electron chi connectivity index (χ2n) is 3.55. The molecule has 0 N–H and O–H groups in total. The summed E-state index contributed by atoms with van der Waals surface area (Å²) in [5.41, 5.74) is 1.13. The Morgan fingerprint density at radius 1 is 0.941 bits per heavy atom. The van der Waals surface area contributed by atoms with Crippen molar-refractivity contribution in [1.29, 1.82) is 0 Å². The third kappa shape index (κ3) is 4.10. The van der Waals surface area contributed by atoms with Crippen LogP contribution >= 0.6 is 11.6 Å². The molecule has 0 aliphatic carbocycles. The van der Waals surface area contributed by atoms with E-state index < -0.39 is 0 Å². The molecule has 0 spiro atoms. The van der Waals surface area contributed by atoms with Crippen LogP contribution in [0.5, 0.6) is 5.75 Å². The van der Waals surface area contributed by atoms with Gasteiger partial charge in [-0.15, -0.1) is 0 Å². The minimum atomic E-state index is 0.217. The van der Waals surface area contributed by atoms with Crippen LogP contribution in [0.1, 0.15) is 5.56 Å². The maximum absolute atomic E-state index is 5.83. The minimum Gasteiger partial charge on any atom is -0.467 e. The van der Waals surface area contributed by atoms with E-state index in [1.165, 1.54) is 0 Å². The zero-order valence-corrected chi connectivity index (χ0v) is 10.1. The van der Waals surface area contributed by atoms with Crippen LogP contribution < -0.4 is 4.74 Å². The first-order valence-electron chi connectivity index (χ1n) is 5.34. The van der Waals surface area contributed by atoms with Crippen LogP contribution in [-0.4, -0.2) is 6.79 Å². The molecule has 2 aromatic rings. The van der Waals surface area contributed by atoms with E-state index in [-0.39, 0.29) is 6.79 Å². The lowest BCUT2D eigenvalue weighted by Gasteiger charge is -2.07. The number of benzene rings is 2. The van der Waals surface area contributed by atoms with E-state index in [0.29, 0.717) is 17.4 Å². The van der Waals surface area contributed by atoms with Crippen LogP contribution in [0.2, 0.25) is 5.02 Å². The molecule has 0 amide bonds. The van der Waals surface area contributed by atoms with E-state index in [2.05, 4.69) is 0 Å². The van der Waals surface area contributed by atoms with E-state index in [1.807, 2.05) is 42.5 Å². The third-order valence-corrected chi connectivity index (χ3v) is 2.45. The van der Waals surface area contributed by atoms with Crippen molar-refractivity contribution in [1.82, 2.24) is 0 Å². The fourth-order valence-electron chi connectivity index (χ4n) is 1.40. The SMILES string of the molecule is Clc1cccc(OCOCc2ccccc2)c1. The summed E-state index contributed by atoms with van der Waals surface area (Å²) in [5, 5.41) is 0.658. The predicted octanol–water partition coefficient (Wildman–Crippen LogP) is 3.89. The number of hydrogen-bond acceptors (Lipinski definition) is 2. The molecule has 2 rings (SSSR count). The average molecular weight is 249 g/mol. The van der Waals surface area contributed by atoms with Crippen LogP contribution in [0.25, 0.3) is 0 Å². The van der Waals surface area contributed by atoms with Gasteiger partial charge in [-0.3, -0.25) is 0 Å². The van der Waals surface area contributed by atoms with Crippen molar-refractivity contribution < 1.29 is 9.47 Å². The topological polar surface area (TPSA) is 18.5 Å². The van der Waals surface area contributed by atoms with Crippen molar-refractivity contribution >= 4 is 11.6 Å². The molecule has 17 heavy (non-hydrogen) atoms. The van der Waals surface area contributed by atoms with Gasteiger partial charge < -0.3 is 9.47 Å². The first-order chi connectivity index (χ1) is 8.34. The van der Waals surface area contributed by atoms with Crippen LogP contribution in [-0.2, 0) is 11.3 Å². The van der Waals surface area contributed by atoms with E-state index in [0.717, 1.165) is 5.56 Å². The van der Waals surface area contributed by atoms with E-state index >= 15 is 0 Å². The Labute approximate surface area is 106 Å². The van der Waals surface area contributed by atoms with Crippen molar-refractivity contribution in [3.63, 3.8) is 0 Å². The minimum absolute atomic E-state index is 0.217. The summed E-state index contributed by atoms with van der Waals surface area (Å²) in [6.07, 6.45) is 0. The summed E-state index contributed by atoms with van der Waals surface area (Å²) in [4.78, 5) is 0. The largest absolute Gasteiger partial charge is 0.467 e. The van der Waals surface area contributed by atoms with Gasteiger partial charge in [-0.2, -0.15) is 0 Å². The second-order valence-corrected chi connectivity index (χ2v) is 3.99. The molecule has 0 saturated heterocycles. The summed E-state index contributed by atoms with van der Waals surface area (Å²) in [6, 6.07) is 17.2. The normalized spacial score (nSPS) is 10.2. The highest BCUT2D eigenvalue weighted by Crippen LogP contribution is 2.17. The number of halogens is 1. The summed E-state index contributed by atoms with van der Waals surface area (Å²) in [5.74, 6) is 0.713. The van der Waals surface area contributed by atoms with E-state index in [9.17, 15) is 0 Å². The van der Waals surface area contributed by atoms with Crippen molar-refractivity contribution in [2.75, 3.05) is 6.79 Å². The number of hydrogen-bond donors (Lipinski definition) is 0. The molecule has 2 aromatic carbocycles. The Bertz CT molecular complexity index is 457. The smallest absolute Gasteiger partial charge is 0.189 e. The number of ether oxygens (including phenoxy) is 2. The van der Waals surface area contributed by atoms with Gasteiger partial charge in [-0.1, -0.05) is 48.0 Å². The quantitative estimate of drug-likeness (QED) is 0.590. The highest BCUT2D eigenvalue weighted by molar-refractivity contribution is 6.30. The molecule has 0 fully saturated rings. The maximum atomic E-state index is 5.83. The Morgan fingerprint density at radius 3 is 2.53 bits per heavy atom. The van der Waals surface area contributed by atoms with Gasteiger partial charge in [-0.05, 0) is 23.8 Å². The Balaban J connectivity index is 1.73. The van der Waals surface area contributed by atoms with Gasteiger partial charge in [0.2, 0.25) is 0 Å². The molecule has 0 bridgehead atoms. The van der Waals surface area contributed by atoms with Crippen molar-refractivity contribution in [3.05, 3.63) is 65.2 Å². The second kappa shape index (κ2) is 6.28. The van der Waals surface area contributed by atoms with Crippen molar-refractivity contribution in [3.8, 4) is 5.75 Å². The van der Waals surface area contributed by atoms with Crippen LogP contribution in [0.15, 0.2) is 54.6 Å². The first-order valence-corrected chi connectivity index (χ1v) is 5.72. The molecular weight excluding hydrogens is 236 g/mol. The number of rotatable bonds is 5. The van der Waals surface area contributed by atoms with Gasteiger partial charge in [0, 0.05) is 5.02 Å². The van der Waals surface area contributed by atoms with Crippen LogP contribution in [0, 0.1) is 0 Å². The third-order valence-electron chi connectivity index (χ3n) is 2.22. The lowest BCUT2D eigenvalue weighted by molar-refractivity contribution is 0.00505. The fourth-order valence-corrected chi connectivity index (χ4v) is 1.58. The molecule has 0 aromatic heterocycles. The zero-order valence-electron chi connectivity index (χ0n) is 9.30. The van der Waals surface area contributed by atoms with Crippen molar-refractivity contribution in [2.24, 2.45) is 0 Å². The van der Waals surface area contributed by atoms with Gasteiger partial charge in [-0.25, -0.2) is 0 Å². The van der Waals surface area contributed by atoms with Gasteiger partial charge in [0.1, 0.15) is 5.75 Å². The lowest BCUT2D eigenvalue weighted by atomic mass is 10.2. The molecule has 88 valence electrons. The highest BCUT2D eigenvalue weighted by atomic mass is 35.5. The predicted molar refractivity (Wildman–Crippen MR) is 68.2 cm³/mol. The van der Waals surface area contributed by atoms with Crippen LogP contribution in [0.3, 0.4) is 0 Å². The maximum Gasteiger partial charge on any atom is 0.189 e. The van der Waals surface area contributed by atoms with Gasteiger partial charge >= 0.3 is 0 Å². The van der Waals surface area contributed by atoms with Gasteiger partial charge in [0.15, 0.2) is 6.79 Å². The molecule has 0 atom stereocenters. The molecule has 0 heterocycles. The Kier molecular flexibility index (Phi) is 4.42. The van der Waals surface area contributed by atoms with Crippen molar-refractivity contribution in [2.45, 2.75) is 6.61 Å². The molecular formula is C14H13ClO2. The summed E-state index contributed by atoms with van der Waals surface area (Å²) >= 11 is 5.83. The summed E-state index contributed by atoms with van der Waals surface area (Å²) in [7, 11) is 0. The molecule has 0 aliphatic rings. The Morgan fingerprint density at radius 2 is 1.76 bits per heavy atom. The summed E-state index contributed by atoms with van der Waals surface area (Å²) < 4.78 is 10.8. The standard InChI is InChI=1S/C14H13ClO2/c15-13-7-4-8-14(9-13)17-11-16-10-12-5-2-1-3-6-12/h1-9H,10-11H2.